The van der Waals surface area contributed by atoms with Crippen LogP contribution in [0.15, 0.2) is 170 Å². The second kappa shape index (κ2) is 14.4. The van der Waals surface area contributed by atoms with E-state index in [0.717, 1.165) is 65.9 Å². The molecule has 2 aliphatic rings. The van der Waals surface area contributed by atoms with Gasteiger partial charge in [0.25, 0.3) is 0 Å². The average molecular weight is 896 g/mol. The minimum atomic E-state index is -0.668. The first-order chi connectivity index (χ1) is 33.3. The summed E-state index contributed by atoms with van der Waals surface area (Å²) < 4.78 is 10.1. The molecule has 0 N–H and O–H groups in total. The van der Waals surface area contributed by atoms with Crippen molar-refractivity contribution >= 4 is 49.7 Å². The third-order valence-corrected chi connectivity index (χ3v) is 14.7. The molecule has 0 unspecified atom stereocenters. The first kappa shape index (κ1) is 41.1. The van der Waals surface area contributed by atoms with Crippen LogP contribution in [0.2, 0.25) is 0 Å². The molecule has 334 valence electrons. The van der Waals surface area contributed by atoms with Crippen molar-refractivity contribution in [3.05, 3.63) is 192 Å². The Labute approximate surface area is 400 Å². The number of aromatic nitrogens is 5. The van der Waals surface area contributed by atoms with E-state index >= 15 is 0 Å². The van der Waals surface area contributed by atoms with Crippen LogP contribution >= 0.6 is 0 Å². The summed E-state index contributed by atoms with van der Waals surface area (Å²) in [7, 11) is 0. The highest BCUT2D eigenvalue weighted by molar-refractivity contribution is 6.16. The second-order valence-corrected chi connectivity index (χ2v) is 20.8. The summed E-state index contributed by atoms with van der Waals surface area (Å²) >= 11 is 0. The normalized spacial score (nSPS) is 14.3. The molecule has 11 aromatic rings. The molecule has 7 nitrogen and oxygen atoms in total. The standard InChI is InChI=1S/C62H49N5O2/c1-60(2,3)69-59(68)67-52-30-29-38(31-45(52)47-32-43-40-23-14-16-27-48(40)61(4,5)49(43)34-54(47)67)39-25-18-26-42-44-33-46-41-24-15-17-28-51(41)66(53(46)35-50(44)62(6,7)55(39)42)58-64-56(36-19-10-8-11-20-36)63-57(65-58)37-21-12-9-13-22-37/h8-35H,1-7H3. The molecule has 3 heterocycles. The fourth-order valence-electron chi connectivity index (χ4n) is 11.6. The number of hydrogen-bond donors (Lipinski definition) is 0. The summed E-state index contributed by atoms with van der Waals surface area (Å²) in [6.07, 6.45) is -0.380. The average Bonchev–Trinajstić information content (AvgIpc) is 4.00. The van der Waals surface area contributed by atoms with E-state index in [1.807, 2.05) is 81.4 Å². The van der Waals surface area contributed by atoms with Gasteiger partial charge < -0.3 is 4.74 Å². The Balaban J connectivity index is 1.01. The lowest BCUT2D eigenvalue weighted by atomic mass is 9.78. The van der Waals surface area contributed by atoms with E-state index in [0.29, 0.717) is 17.6 Å². The van der Waals surface area contributed by atoms with Crippen LogP contribution in [0.25, 0.3) is 106 Å². The Morgan fingerprint density at radius 3 is 1.72 bits per heavy atom. The Morgan fingerprint density at radius 1 is 0.449 bits per heavy atom. The summed E-state index contributed by atoms with van der Waals surface area (Å²) in [5.74, 6) is 1.81. The minimum absolute atomic E-state index is 0.230. The van der Waals surface area contributed by atoms with Gasteiger partial charge >= 0.3 is 6.09 Å². The minimum Gasteiger partial charge on any atom is -0.443 e. The molecule has 0 radical (unpaired) electrons. The zero-order valence-electron chi connectivity index (χ0n) is 39.7. The first-order valence-corrected chi connectivity index (χ1v) is 23.8. The summed E-state index contributed by atoms with van der Waals surface area (Å²) in [5, 5.41) is 4.30. The van der Waals surface area contributed by atoms with Gasteiger partial charge in [0.05, 0.1) is 22.1 Å². The van der Waals surface area contributed by atoms with Gasteiger partial charge in [0.2, 0.25) is 5.95 Å². The largest absolute Gasteiger partial charge is 0.443 e. The molecule has 13 rings (SSSR count). The molecule has 69 heavy (non-hydrogen) atoms. The number of benzene rings is 8. The summed E-state index contributed by atoms with van der Waals surface area (Å²) in [4.78, 5) is 29.8. The summed E-state index contributed by atoms with van der Waals surface area (Å²) in [6, 6.07) is 60.1. The van der Waals surface area contributed by atoms with Crippen molar-refractivity contribution in [2.24, 2.45) is 0 Å². The van der Waals surface area contributed by atoms with E-state index in [2.05, 4.69) is 141 Å². The number of nitrogens with zero attached hydrogens (tertiary/aromatic N) is 5. The zero-order valence-corrected chi connectivity index (χ0v) is 39.7. The Hall–Kier alpha value is -8.16. The van der Waals surface area contributed by atoms with Crippen LogP contribution in [0.1, 0.15) is 70.7 Å². The number of hydrogen-bond acceptors (Lipinski definition) is 5. The quantitative estimate of drug-likeness (QED) is 0.176. The maximum atomic E-state index is 14.3. The molecule has 0 atom stereocenters. The number of ether oxygens (including phenoxy) is 1. The van der Waals surface area contributed by atoms with Gasteiger partial charge in [0.15, 0.2) is 11.6 Å². The van der Waals surface area contributed by atoms with Crippen molar-refractivity contribution in [3.8, 4) is 62.1 Å². The van der Waals surface area contributed by atoms with E-state index < -0.39 is 11.0 Å². The fraction of sp³-hybridized carbons (Fsp3) is 0.161. The van der Waals surface area contributed by atoms with Gasteiger partial charge in [-0.3, -0.25) is 4.57 Å². The van der Waals surface area contributed by atoms with Crippen LogP contribution in [0.5, 0.6) is 0 Å². The Bertz CT molecular complexity index is 3920. The SMILES string of the molecule is CC(C)(C)OC(=O)n1c2ccc(-c3cccc4c3C(C)(C)c3cc5c(cc3-4)c3ccccc3n5-c3nc(-c4ccccc4)nc(-c4ccccc4)n3)cc2c2cc3c(cc21)C(C)(C)c1ccccc1-3. The molecule has 0 aliphatic heterocycles. The van der Waals surface area contributed by atoms with Crippen molar-refractivity contribution in [2.45, 2.75) is 64.9 Å². The third-order valence-electron chi connectivity index (χ3n) is 14.7. The van der Waals surface area contributed by atoms with E-state index in [1.165, 1.54) is 44.5 Å². The van der Waals surface area contributed by atoms with Crippen molar-refractivity contribution < 1.29 is 9.53 Å². The molecule has 0 amide bonds. The molecule has 0 saturated carbocycles. The topological polar surface area (TPSA) is 74.8 Å². The molecule has 0 saturated heterocycles. The monoisotopic (exact) mass is 895 g/mol. The number of rotatable bonds is 4. The van der Waals surface area contributed by atoms with Crippen LogP contribution < -0.4 is 0 Å². The zero-order chi connectivity index (χ0) is 47.1. The molecule has 2 aliphatic carbocycles. The molecule has 0 spiro atoms. The Kier molecular flexibility index (Phi) is 8.58. The van der Waals surface area contributed by atoms with Gasteiger partial charge in [-0.2, -0.15) is 9.97 Å². The van der Waals surface area contributed by atoms with E-state index in [1.54, 1.807) is 4.57 Å². The van der Waals surface area contributed by atoms with E-state index in [-0.39, 0.29) is 11.5 Å². The highest BCUT2D eigenvalue weighted by Gasteiger charge is 2.40. The third kappa shape index (κ3) is 6.05. The highest BCUT2D eigenvalue weighted by Crippen LogP contribution is 2.55. The van der Waals surface area contributed by atoms with Gasteiger partial charge in [-0.1, -0.05) is 155 Å². The van der Waals surface area contributed by atoms with Crippen molar-refractivity contribution in [3.63, 3.8) is 0 Å². The van der Waals surface area contributed by atoms with Crippen LogP contribution in [-0.2, 0) is 15.6 Å². The van der Waals surface area contributed by atoms with Gasteiger partial charge in [0, 0.05) is 43.5 Å². The molecule has 8 aromatic carbocycles. The van der Waals surface area contributed by atoms with Gasteiger partial charge in [0.1, 0.15) is 5.60 Å². The molecule has 0 fully saturated rings. The summed E-state index contributed by atoms with van der Waals surface area (Å²) in [6.45, 7) is 15.0. The number of carbonyl (C=O) groups excluding carboxylic acids is 1. The van der Waals surface area contributed by atoms with Crippen molar-refractivity contribution in [1.82, 2.24) is 24.1 Å². The summed E-state index contributed by atoms with van der Waals surface area (Å²) in [5.41, 5.74) is 16.5. The molecule has 0 bridgehead atoms. The molecular weight excluding hydrogens is 847 g/mol. The smallest absolute Gasteiger partial charge is 0.419 e. The molecular formula is C62H49N5O2. The van der Waals surface area contributed by atoms with Crippen LogP contribution in [0.3, 0.4) is 0 Å². The van der Waals surface area contributed by atoms with Crippen LogP contribution in [0, 0.1) is 0 Å². The number of para-hydroxylation sites is 1. The van der Waals surface area contributed by atoms with E-state index in [9.17, 15) is 4.79 Å². The van der Waals surface area contributed by atoms with Crippen LogP contribution in [0.4, 0.5) is 4.79 Å². The highest BCUT2D eigenvalue weighted by atomic mass is 16.6. The maximum Gasteiger partial charge on any atom is 0.419 e. The molecule has 3 aromatic heterocycles. The second-order valence-electron chi connectivity index (χ2n) is 20.8. The first-order valence-electron chi connectivity index (χ1n) is 23.8. The Morgan fingerprint density at radius 2 is 1.01 bits per heavy atom. The predicted molar refractivity (Wildman–Crippen MR) is 280 cm³/mol. The lowest BCUT2D eigenvalue weighted by Crippen LogP contribution is -2.27. The van der Waals surface area contributed by atoms with Gasteiger partial charge in [-0.05, 0) is 119 Å². The van der Waals surface area contributed by atoms with Gasteiger partial charge in [-0.25, -0.2) is 14.3 Å². The maximum absolute atomic E-state index is 14.3. The fourth-order valence-corrected chi connectivity index (χ4v) is 11.6. The lowest BCUT2D eigenvalue weighted by Gasteiger charge is -2.25. The molecule has 7 heteroatoms. The van der Waals surface area contributed by atoms with Gasteiger partial charge in [-0.15, -0.1) is 0 Å². The van der Waals surface area contributed by atoms with Crippen LogP contribution in [-0.4, -0.2) is 35.8 Å². The number of fused-ring (bicyclic) bond motifs is 12. The van der Waals surface area contributed by atoms with E-state index in [4.69, 9.17) is 19.7 Å². The lowest BCUT2D eigenvalue weighted by molar-refractivity contribution is 0.0551. The predicted octanol–water partition coefficient (Wildman–Crippen LogP) is 15.5. The number of carbonyl (C=O) groups is 1. The van der Waals surface area contributed by atoms with Crippen molar-refractivity contribution in [2.75, 3.05) is 0 Å². The van der Waals surface area contributed by atoms with Crippen molar-refractivity contribution in [1.29, 1.82) is 0 Å².